The standard InChI is InChI=1S/C53H105NO8/c1-6-11-15-19-21-27-36-48(34-25-17-13-8-3)44-61-52(57)38-29-23-31-40-54(42-33-43-60-47-51(56)50(55)46-59-10-5)41-32-24-30-39-53(58)62-45-49(35-26-18-14-9-4)37-28-22-20-16-12-7-2/h48-51,55-56H,6-47H2,1-5H3. The quantitative estimate of drug-likeness (QED) is 0.0455. The van der Waals surface area contributed by atoms with E-state index >= 15 is 0 Å². The van der Waals surface area contributed by atoms with Crippen molar-refractivity contribution < 1.29 is 38.7 Å². The van der Waals surface area contributed by atoms with Crippen molar-refractivity contribution >= 4 is 11.9 Å². The lowest BCUT2D eigenvalue weighted by Gasteiger charge is -2.23. The third-order valence-electron chi connectivity index (χ3n) is 12.5. The first-order valence-corrected chi connectivity index (χ1v) is 26.9. The Hall–Kier alpha value is -1.26. The molecule has 370 valence electrons. The first-order chi connectivity index (χ1) is 30.3. The molecule has 0 fully saturated rings. The summed E-state index contributed by atoms with van der Waals surface area (Å²) in [6.45, 7) is 16.0. The van der Waals surface area contributed by atoms with Gasteiger partial charge in [0.25, 0.3) is 0 Å². The Kier molecular flexibility index (Phi) is 46.7. The highest BCUT2D eigenvalue weighted by Crippen LogP contribution is 2.22. The Bertz CT molecular complexity index is 879. The highest BCUT2D eigenvalue weighted by atomic mass is 16.5. The van der Waals surface area contributed by atoms with Crippen LogP contribution in [0.2, 0.25) is 0 Å². The molecule has 62 heavy (non-hydrogen) atoms. The fourth-order valence-corrected chi connectivity index (χ4v) is 8.29. The molecule has 0 rings (SSSR count). The molecule has 0 aliphatic carbocycles. The van der Waals surface area contributed by atoms with Crippen molar-refractivity contribution in [2.75, 3.05) is 59.3 Å². The third kappa shape index (κ3) is 41.4. The van der Waals surface area contributed by atoms with E-state index in [9.17, 15) is 19.8 Å². The minimum Gasteiger partial charge on any atom is -0.465 e. The van der Waals surface area contributed by atoms with Crippen LogP contribution in [0.3, 0.4) is 0 Å². The average molecular weight is 884 g/mol. The maximum Gasteiger partial charge on any atom is 0.305 e. The molecule has 0 spiro atoms. The van der Waals surface area contributed by atoms with E-state index in [1.165, 1.54) is 154 Å². The lowest BCUT2D eigenvalue weighted by Crippen LogP contribution is -2.34. The summed E-state index contributed by atoms with van der Waals surface area (Å²) in [5.74, 6) is 0.886. The number of esters is 2. The van der Waals surface area contributed by atoms with Gasteiger partial charge >= 0.3 is 11.9 Å². The van der Waals surface area contributed by atoms with E-state index in [2.05, 4.69) is 32.6 Å². The van der Waals surface area contributed by atoms with Crippen LogP contribution in [0.25, 0.3) is 0 Å². The summed E-state index contributed by atoms with van der Waals surface area (Å²) in [4.78, 5) is 28.0. The van der Waals surface area contributed by atoms with Crippen molar-refractivity contribution in [1.82, 2.24) is 4.90 Å². The van der Waals surface area contributed by atoms with Crippen molar-refractivity contribution in [2.45, 2.75) is 259 Å². The number of nitrogens with zero attached hydrogens (tertiary/aromatic N) is 1. The van der Waals surface area contributed by atoms with Gasteiger partial charge in [-0.15, -0.1) is 0 Å². The summed E-state index contributed by atoms with van der Waals surface area (Å²) in [6.07, 6.45) is 35.9. The molecule has 9 heteroatoms. The summed E-state index contributed by atoms with van der Waals surface area (Å²) in [7, 11) is 0. The van der Waals surface area contributed by atoms with E-state index in [0.717, 1.165) is 64.6 Å². The van der Waals surface area contributed by atoms with Gasteiger partial charge in [-0.25, -0.2) is 0 Å². The second-order valence-electron chi connectivity index (χ2n) is 18.6. The van der Waals surface area contributed by atoms with Gasteiger partial charge in [0, 0.05) is 32.6 Å². The molecule has 0 heterocycles. The van der Waals surface area contributed by atoms with Gasteiger partial charge in [-0.1, -0.05) is 169 Å². The molecule has 0 radical (unpaired) electrons. The topological polar surface area (TPSA) is 115 Å². The van der Waals surface area contributed by atoms with Crippen molar-refractivity contribution in [3.05, 3.63) is 0 Å². The number of carbonyl (C=O) groups is 2. The van der Waals surface area contributed by atoms with E-state index in [0.29, 0.717) is 51.1 Å². The molecule has 4 unspecified atom stereocenters. The van der Waals surface area contributed by atoms with Gasteiger partial charge in [0.15, 0.2) is 0 Å². The number of rotatable bonds is 50. The molecule has 2 N–H and O–H groups in total. The molecule has 9 nitrogen and oxygen atoms in total. The summed E-state index contributed by atoms with van der Waals surface area (Å²) >= 11 is 0. The number of unbranched alkanes of at least 4 members (excludes halogenated alkanes) is 20. The van der Waals surface area contributed by atoms with Crippen molar-refractivity contribution in [3.8, 4) is 0 Å². The normalized spacial score (nSPS) is 13.7. The maximum atomic E-state index is 12.8. The van der Waals surface area contributed by atoms with E-state index in [-0.39, 0.29) is 25.2 Å². The molecule has 0 aliphatic rings. The van der Waals surface area contributed by atoms with E-state index in [4.69, 9.17) is 18.9 Å². The zero-order valence-electron chi connectivity index (χ0n) is 41.8. The molecule has 0 aromatic carbocycles. The van der Waals surface area contributed by atoms with E-state index < -0.39 is 12.2 Å². The Labute approximate surface area is 384 Å². The molecular weight excluding hydrogens is 779 g/mol. The molecule has 0 amide bonds. The van der Waals surface area contributed by atoms with E-state index in [1.807, 2.05) is 6.92 Å². The highest BCUT2D eigenvalue weighted by molar-refractivity contribution is 5.69. The second kappa shape index (κ2) is 47.7. The van der Waals surface area contributed by atoms with Gasteiger partial charge in [0.2, 0.25) is 0 Å². The van der Waals surface area contributed by atoms with Crippen molar-refractivity contribution in [3.63, 3.8) is 0 Å². The Morgan fingerprint density at radius 3 is 1.15 bits per heavy atom. The number of hydrogen-bond donors (Lipinski definition) is 2. The summed E-state index contributed by atoms with van der Waals surface area (Å²) in [5.41, 5.74) is 0. The molecule has 4 atom stereocenters. The molecule has 0 aromatic rings. The average Bonchev–Trinajstić information content (AvgIpc) is 3.27. The third-order valence-corrected chi connectivity index (χ3v) is 12.5. The van der Waals surface area contributed by atoms with Gasteiger partial charge < -0.3 is 34.1 Å². The predicted molar refractivity (Wildman–Crippen MR) is 260 cm³/mol. The van der Waals surface area contributed by atoms with Crippen molar-refractivity contribution in [1.29, 1.82) is 0 Å². The largest absolute Gasteiger partial charge is 0.465 e. The fourth-order valence-electron chi connectivity index (χ4n) is 8.29. The fraction of sp³-hybridized carbons (Fsp3) is 0.962. The zero-order chi connectivity index (χ0) is 45.6. The van der Waals surface area contributed by atoms with Crippen LogP contribution in [-0.4, -0.2) is 98.5 Å². The molecule has 0 saturated carbocycles. The SMILES string of the molecule is CCCCCCCCC(CCCCCC)COC(=O)CCCCCN(CCCCCC(=O)OCC(CCCCCC)CCCCCCCC)CCCOCC(O)C(O)COCC. The van der Waals surface area contributed by atoms with Gasteiger partial charge in [0.1, 0.15) is 12.2 Å². The summed E-state index contributed by atoms with van der Waals surface area (Å²) in [5, 5.41) is 20.2. The monoisotopic (exact) mass is 884 g/mol. The first-order valence-electron chi connectivity index (χ1n) is 26.9. The van der Waals surface area contributed by atoms with Crippen molar-refractivity contribution in [2.24, 2.45) is 11.8 Å². The highest BCUT2D eigenvalue weighted by Gasteiger charge is 2.17. The van der Waals surface area contributed by atoms with Gasteiger partial charge in [-0.2, -0.15) is 0 Å². The predicted octanol–water partition coefficient (Wildman–Crippen LogP) is 13.3. The minimum atomic E-state index is -0.968. The molecule has 0 aliphatic heterocycles. The second-order valence-corrected chi connectivity index (χ2v) is 18.6. The minimum absolute atomic E-state index is 0.0482. The lowest BCUT2D eigenvalue weighted by molar-refractivity contribution is -0.146. The number of ether oxygens (including phenoxy) is 4. The van der Waals surface area contributed by atoms with Crippen LogP contribution in [0, 0.1) is 11.8 Å². The molecular formula is C53H105NO8. The maximum absolute atomic E-state index is 12.8. The zero-order valence-corrected chi connectivity index (χ0v) is 41.8. The Morgan fingerprint density at radius 2 is 0.742 bits per heavy atom. The first kappa shape index (κ1) is 60.7. The number of aliphatic hydroxyl groups excluding tert-OH is 2. The Morgan fingerprint density at radius 1 is 0.403 bits per heavy atom. The summed E-state index contributed by atoms with van der Waals surface area (Å²) in [6, 6.07) is 0. The molecule has 0 bridgehead atoms. The van der Waals surface area contributed by atoms with Crippen LogP contribution in [-0.2, 0) is 28.5 Å². The van der Waals surface area contributed by atoms with Crippen LogP contribution in [0.4, 0.5) is 0 Å². The number of carbonyl (C=O) groups excluding carboxylic acids is 2. The summed E-state index contributed by atoms with van der Waals surface area (Å²) < 4.78 is 22.6. The number of aliphatic hydroxyl groups is 2. The van der Waals surface area contributed by atoms with Crippen LogP contribution in [0.5, 0.6) is 0 Å². The van der Waals surface area contributed by atoms with Crippen LogP contribution >= 0.6 is 0 Å². The molecule has 0 saturated heterocycles. The van der Waals surface area contributed by atoms with E-state index in [1.54, 1.807) is 0 Å². The van der Waals surface area contributed by atoms with Gasteiger partial charge in [-0.05, 0) is 89.6 Å². The van der Waals surface area contributed by atoms with Gasteiger partial charge in [-0.3, -0.25) is 9.59 Å². The smallest absolute Gasteiger partial charge is 0.305 e. The van der Waals surface area contributed by atoms with Crippen LogP contribution in [0.1, 0.15) is 247 Å². The molecule has 0 aromatic heterocycles. The Balaban J connectivity index is 4.80. The van der Waals surface area contributed by atoms with Crippen LogP contribution in [0.15, 0.2) is 0 Å². The van der Waals surface area contributed by atoms with Crippen LogP contribution < -0.4 is 0 Å². The number of hydrogen-bond acceptors (Lipinski definition) is 9. The lowest BCUT2D eigenvalue weighted by atomic mass is 9.95. The van der Waals surface area contributed by atoms with Gasteiger partial charge in [0.05, 0.1) is 26.4 Å².